The molecule has 7 heteroatoms. The van der Waals surface area contributed by atoms with E-state index in [1.165, 1.54) is 10.5 Å². The summed E-state index contributed by atoms with van der Waals surface area (Å²) in [6.45, 7) is 6.68. The van der Waals surface area contributed by atoms with Gasteiger partial charge in [-0.2, -0.15) is 0 Å². The van der Waals surface area contributed by atoms with Crippen molar-refractivity contribution in [3.8, 4) is 11.5 Å². The van der Waals surface area contributed by atoms with E-state index < -0.39 is 0 Å². The van der Waals surface area contributed by atoms with Crippen molar-refractivity contribution in [3.63, 3.8) is 0 Å². The minimum absolute atomic E-state index is 0.143. The first kappa shape index (κ1) is 21.8. The lowest BCUT2D eigenvalue weighted by Gasteiger charge is -2.12. The molecule has 6 nitrogen and oxygen atoms in total. The molecule has 158 valence electrons. The fraction of sp³-hybridized carbons (Fsp3) is 0.304. The van der Waals surface area contributed by atoms with E-state index in [0.29, 0.717) is 30.2 Å². The molecule has 0 aliphatic rings. The molecular formula is C23H26N2O4S. The zero-order chi connectivity index (χ0) is 21.5. The Morgan fingerprint density at radius 3 is 2.53 bits per heavy atom. The van der Waals surface area contributed by atoms with Crippen molar-refractivity contribution in [2.45, 2.75) is 32.3 Å². The predicted octanol–water partition coefficient (Wildman–Crippen LogP) is 4.71. The number of amides is 1. The first-order chi connectivity index (χ1) is 14.5. The molecule has 2 aromatic carbocycles. The molecule has 1 heterocycles. The standard InChI is InChI=1S/C23H26N2O4S/c1-15-5-8-19(9-6-15)30-12-11-24-23(26)18-7-10-21(22(13-18)27-4)28-14-20-16(2)25-29-17(20)3/h5-10,13H,11-12,14H2,1-4H3,(H,24,26). The van der Waals surface area contributed by atoms with Crippen LogP contribution in [0.15, 0.2) is 51.9 Å². The van der Waals surface area contributed by atoms with Crippen molar-refractivity contribution < 1.29 is 18.8 Å². The minimum Gasteiger partial charge on any atom is -0.493 e. The van der Waals surface area contributed by atoms with Gasteiger partial charge in [-0.3, -0.25) is 4.79 Å². The number of rotatable bonds is 9. The summed E-state index contributed by atoms with van der Waals surface area (Å²) in [6, 6.07) is 13.5. The Hall–Kier alpha value is -2.93. The van der Waals surface area contributed by atoms with Crippen LogP contribution in [0, 0.1) is 20.8 Å². The Morgan fingerprint density at radius 1 is 1.10 bits per heavy atom. The summed E-state index contributed by atoms with van der Waals surface area (Å²) < 4.78 is 16.4. The highest BCUT2D eigenvalue weighted by Gasteiger charge is 2.14. The lowest BCUT2D eigenvalue weighted by molar-refractivity contribution is 0.0955. The van der Waals surface area contributed by atoms with Crippen molar-refractivity contribution in [3.05, 3.63) is 70.6 Å². The summed E-state index contributed by atoms with van der Waals surface area (Å²) in [7, 11) is 1.55. The Kier molecular flexibility index (Phi) is 7.41. The molecule has 0 bridgehead atoms. The molecule has 1 aromatic heterocycles. The Balaban J connectivity index is 1.54. The van der Waals surface area contributed by atoms with E-state index in [4.69, 9.17) is 14.0 Å². The molecule has 0 aliphatic heterocycles. The Labute approximate surface area is 180 Å². The van der Waals surface area contributed by atoms with Crippen LogP contribution in [0.25, 0.3) is 0 Å². The van der Waals surface area contributed by atoms with Gasteiger partial charge in [0.2, 0.25) is 0 Å². The summed E-state index contributed by atoms with van der Waals surface area (Å²) >= 11 is 1.71. The van der Waals surface area contributed by atoms with Gasteiger partial charge in [-0.25, -0.2) is 0 Å². The number of methoxy groups -OCH3 is 1. The molecule has 3 rings (SSSR count). The number of benzene rings is 2. The SMILES string of the molecule is COc1cc(C(=O)NCCSc2ccc(C)cc2)ccc1OCc1c(C)noc1C. The van der Waals surface area contributed by atoms with E-state index in [-0.39, 0.29) is 5.91 Å². The number of aromatic nitrogens is 1. The highest BCUT2D eigenvalue weighted by molar-refractivity contribution is 7.99. The van der Waals surface area contributed by atoms with Crippen molar-refractivity contribution >= 4 is 17.7 Å². The summed E-state index contributed by atoms with van der Waals surface area (Å²) in [5.41, 5.74) is 3.47. The van der Waals surface area contributed by atoms with Crippen LogP contribution < -0.4 is 14.8 Å². The molecule has 3 aromatic rings. The quantitative estimate of drug-likeness (QED) is 0.395. The molecule has 0 atom stereocenters. The number of thioether (sulfide) groups is 1. The summed E-state index contributed by atoms with van der Waals surface area (Å²) in [5, 5.41) is 6.87. The summed E-state index contributed by atoms with van der Waals surface area (Å²) in [4.78, 5) is 13.7. The fourth-order valence-electron chi connectivity index (χ4n) is 2.86. The molecule has 1 N–H and O–H groups in total. The number of hydrogen-bond acceptors (Lipinski definition) is 6. The van der Waals surface area contributed by atoms with Crippen LogP contribution in [-0.2, 0) is 6.61 Å². The number of carbonyl (C=O) groups excluding carboxylic acids is 1. The number of aryl methyl sites for hydroxylation is 3. The van der Waals surface area contributed by atoms with Crippen molar-refractivity contribution in [1.29, 1.82) is 0 Å². The summed E-state index contributed by atoms with van der Waals surface area (Å²) in [5.74, 6) is 2.44. The van der Waals surface area contributed by atoms with Gasteiger partial charge in [0.1, 0.15) is 12.4 Å². The normalized spacial score (nSPS) is 10.7. The zero-order valence-corrected chi connectivity index (χ0v) is 18.5. The molecule has 0 fully saturated rings. The van der Waals surface area contributed by atoms with E-state index in [2.05, 4.69) is 41.7 Å². The third-order valence-corrected chi connectivity index (χ3v) is 5.67. The van der Waals surface area contributed by atoms with E-state index in [1.807, 2.05) is 13.8 Å². The van der Waals surface area contributed by atoms with Crippen molar-refractivity contribution in [2.75, 3.05) is 19.4 Å². The molecule has 0 unspecified atom stereocenters. The highest BCUT2D eigenvalue weighted by Crippen LogP contribution is 2.29. The first-order valence-electron chi connectivity index (χ1n) is 9.68. The second kappa shape index (κ2) is 10.2. The summed E-state index contributed by atoms with van der Waals surface area (Å²) in [6.07, 6.45) is 0. The van der Waals surface area contributed by atoms with Crippen molar-refractivity contribution in [1.82, 2.24) is 10.5 Å². The van der Waals surface area contributed by atoms with Gasteiger partial charge in [-0.15, -0.1) is 11.8 Å². The zero-order valence-electron chi connectivity index (χ0n) is 17.7. The number of nitrogens with one attached hydrogen (secondary N) is 1. The number of carbonyl (C=O) groups is 1. The van der Waals surface area contributed by atoms with E-state index in [9.17, 15) is 4.79 Å². The minimum atomic E-state index is -0.143. The number of nitrogens with zero attached hydrogens (tertiary/aromatic N) is 1. The molecule has 30 heavy (non-hydrogen) atoms. The molecule has 0 saturated carbocycles. The molecule has 1 amide bonds. The lowest BCUT2D eigenvalue weighted by atomic mass is 10.2. The van der Waals surface area contributed by atoms with E-state index in [1.54, 1.807) is 37.1 Å². The maximum Gasteiger partial charge on any atom is 0.251 e. The highest BCUT2D eigenvalue weighted by atomic mass is 32.2. The largest absolute Gasteiger partial charge is 0.493 e. The molecule has 0 saturated heterocycles. The van der Waals surface area contributed by atoms with Gasteiger partial charge in [-0.1, -0.05) is 22.9 Å². The van der Waals surface area contributed by atoms with Gasteiger partial charge in [0.15, 0.2) is 11.5 Å². The van der Waals surface area contributed by atoms with Gasteiger partial charge >= 0.3 is 0 Å². The number of ether oxygens (including phenoxy) is 2. The van der Waals surface area contributed by atoms with Gasteiger partial charge < -0.3 is 19.3 Å². The van der Waals surface area contributed by atoms with Gasteiger partial charge in [0.05, 0.1) is 18.4 Å². The van der Waals surface area contributed by atoms with Gasteiger partial charge in [0, 0.05) is 22.8 Å². The third-order valence-electron chi connectivity index (χ3n) is 4.66. The first-order valence-corrected chi connectivity index (χ1v) is 10.7. The fourth-order valence-corrected chi connectivity index (χ4v) is 3.62. The van der Waals surface area contributed by atoms with Crippen LogP contribution in [-0.4, -0.2) is 30.5 Å². The second-order valence-corrected chi connectivity index (χ2v) is 8.04. The maximum absolute atomic E-state index is 12.5. The van der Waals surface area contributed by atoms with Crippen LogP contribution >= 0.6 is 11.8 Å². The average Bonchev–Trinajstić information content (AvgIpc) is 3.08. The van der Waals surface area contributed by atoms with Crippen LogP contribution in [0.2, 0.25) is 0 Å². The lowest BCUT2D eigenvalue weighted by Crippen LogP contribution is -2.25. The van der Waals surface area contributed by atoms with E-state index >= 15 is 0 Å². The van der Waals surface area contributed by atoms with Gasteiger partial charge in [-0.05, 0) is 51.1 Å². The monoisotopic (exact) mass is 426 g/mol. The van der Waals surface area contributed by atoms with Crippen molar-refractivity contribution in [2.24, 2.45) is 0 Å². The predicted molar refractivity (Wildman–Crippen MR) is 118 cm³/mol. The maximum atomic E-state index is 12.5. The Morgan fingerprint density at radius 2 is 1.87 bits per heavy atom. The van der Waals surface area contributed by atoms with Gasteiger partial charge in [0.25, 0.3) is 5.91 Å². The van der Waals surface area contributed by atoms with Crippen LogP contribution in [0.5, 0.6) is 11.5 Å². The Bertz CT molecular complexity index is 979. The van der Waals surface area contributed by atoms with Crippen LogP contribution in [0.4, 0.5) is 0 Å². The van der Waals surface area contributed by atoms with Crippen LogP contribution in [0.3, 0.4) is 0 Å². The molecule has 0 spiro atoms. The molecule has 0 radical (unpaired) electrons. The smallest absolute Gasteiger partial charge is 0.251 e. The number of hydrogen-bond donors (Lipinski definition) is 1. The van der Waals surface area contributed by atoms with E-state index in [0.717, 1.165) is 22.8 Å². The van der Waals surface area contributed by atoms with Crippen LogP contribution in [0.1, 0.15) is 32.9 Å². The topological polar surface area (TPSA) is 73.6 Å². The third kappa shape index (κ3) is 5.57. The second-order valence-electron chi connectivity index (χ2n) is 6.87. The molecule has 0 aliphatic carbocycles. The molecular weight excluding hydrogens is 400 g/mol. The average molecular weight is 427 g/mol.